The zero-order valence-corrected chi connectivity index (χ0v) is 54.2. The van der Waals surface area contributed by atoms with Crippen LogP contribution in [-0.2, 0) is 66.1 Å². The highest BCUT2D eigenvalue weighted by molar-refractivity contribution is 6.03. The molecule has 0 bridgehead atoms. The molecule has 9 nitrogen and oxygen atoms in total. The lowest BCUT2D eigenvalue weighted by Gasteiger charge is -2.45. The minimum atomic E-state index is -0.398. The molecule has 6 aliphatic carbocycles. The molecule has 1 unspecified atom stereocenters. The summed E-state index contributed by atoms with van der Waals surface area (Å²) in [6.45, 7) is 40.1. The molecule has 12 rings (SSSR count). The molecule has 0 saturated carbocycles. The number of nitrogens with zero attached hydrogens (tertiary/aromatic N) is 3. The molecule has 444 valence electrons. The van der Waals surface area contributed by atoms with Crippen molar-refractivity contribution < 1.29 is 14.4 Å². The SMILES string of the molecule is CCC1(c2cccc(C(C)(C)C)c2)C2=C(Cc3[nH]ncc31)CC(C)(C)CC2=O.CC[C@@]1(c2cccc(C(C)(C)C)c2)C2=C(Cc3[nH]ncc31)CC(C)(C)CC2=O.CC[C@]1(c2cccc(C(C)(C)C)c2)C2=C(Cc3[nH]ncc31)CC(C)(C)CC2=O. The first-order valence-corrected chi connectivity index (χ1v) is 31.4. The van der Waals surface area contributed by atoms with Crippen LogP contribution in [0.25, 0.3) is 0 Å². The third kappa shape index (κ3) is 10.4. The van der Waals surface area contributed by atoms with Gasteiger partial charge in [-0.05, 0) is 104 Å². The smallest absolute Gasteiger partial charge is 0.160 e. The van der Waals surface area contributed by atoms with E-state index < -0.39 is 16.2 Å². The van der Waals surface area contributed by atoms with E-state index in [1.165, 1.54) is 83.9 Å². The van der Waals surface area contributed by atoms with Gasteiger partial charge in [0.25, 0.3) is 0 Å². The largest absolute Gasteiger partial charge is 0.294 e. The van der Waals surface area contributed by atoms with Crippen molar-refractivity contribution in [2.75, 3.05) is 0 Å². The number of carbonyl (C=O) groups excluding carboxylic acids is 3. The second-order valence-corrected chi connectivity index (χ2v) is 31.3. The molecule has 0 amide bonds. The van der Waals surface area contributed by atoms with Crippen LogP contribution in [0.5, 0.6) is 0 Å². The molecule has 0 radical (unpaired) electrons. The molecule has 9 heteroatoms. The first-order chi connectivity index (χ1) is 39.2. The molecule has 3 atom stereocenters. The Labute approximate surface area is 502 Å². The van der Waals surface area contributed by atoms with Gasteiger partial charge >= 0.3 is 0 Å². The fourth-order valence-corrected chi connectivity index (χ4v) is 16.3. The minimum absolute atomic E-state index is 0.0280. The number of ketones is 3. The number of carbonyl (C=O) groups is 3. The normalized spacial score (nSPS) is 24.1. The third-order valence-corrected chi connectivity index (χ3v) is 20.1. The summed E-state index contributed by atoms with van der Waals surface area (Å²) in [4.78, 5) is 40.6. The number of rotatable bonds is 6. The highest BCUT2D eigenvalue weighted by Gasteiger charge is 2.53. The summed E-state index contributed by atoms with van der Waals surface area (Å²) < 4.78 is 0. The minimum Gasteiger partial charge on any atom is -0.294 e. The van der Waals surface area contributed by atoms with E-state index in [2.05, 4.69) is 228 Å². The fourth-order valence-electron chi connectivity index (χ4n) is 16.3. The van der Waals surface area contributed by atoms with Crippen molar-refractivity contribution >= 4 is 17.3 Å². The molecule has 0 fully saturated rings. The molecule has 0 aliphatic heterocycles. The molecule has 0 spiro atoms. The van der Waals surface area contributed by atoms with Gasteiger partial charge in [-0.15, -0.1) is 0 Å². The number of nitrogens with one attached hydrogen (secondary N) is 3. The highest BCUT2D eigenvalue weighted by Crippen LogP contribution is 2.57. The zero-order chi connectivity index (χ0) is 61.0. The lowest BCUT2D eigenvalue weighted by atomic mass is 9.57. The van der Waals surface area contributed by atoms with Gasteiger partial charge < -0.3 is 0 Å². The van der Waals surface area contributed by atoms with Gasteiger partial charge in [-0.25, -0.2) is 0 Å². The summed E-state index contributed by atoms with van der Waals surface area (Å²) in [5.74, 6) is 0.961. The van der Waals surface area contributed by atoms with Crippen LogP contribution in [0.1, 0.15) is 250 Å². The highest BCUT2D eigenvalue weighted by atomic mass is 16.1. The second-order valence-electron chi connectivity index (χ2n) is 31.3. The first-order valence-electron chi connectivity index (χ1n) is 31.4. The van der Waals surface area contributed by atoms with Crippen LogP contribution in [0.4, 0.5) is 0 Å². The summed E-state index contributed by atoms with van der Waals surface area (Å²) >= 11 is 0. The first kappa shape index (κ1) is 60.6. The third-order valence-electron chi connectivity index (χ3n) is 20.1. The Bertz CT molecular complexity index is 3290. The van der Waals surface area contributed by atoms with Gasteiger partial charge in [-0.3, -0.25) is 29.7 Å². The standard InChI is InChI=1S/3C25H32N2O/c3*1-7-25(18-10-8-9-17(12-18)23(2,3)4)19-15-26-27-20(19)11-16-13-24(5,6)14-21(28)22(16)25/h3*8-10,12,15H,7,11,13-14H2,1-6H3,(H,26,27)/t2*25-;/m10./s1. The van der Waals surface area contributed by atoms with E-state index in [1.54, 1.807) is 0 Å². The lowest BCUT2D eigenvalue weighted by molar-refractivity contribution is -0.119. The van der Waals surface area contributed by atoms with E-state index >= 15 is 0 Å². The van der Waals surface area contributed by atoms with Crippen LogP contribution < -0.4 is 0 Å². The fraction of sp³-hybridized carbons (Fsp3) is 0.520. The van der Waals surface area contributed by atoms with Crippen molar-refractivity contribution in [1.82, 2.24) is 30.6 Å². The number of aromatic nitrogens is 6. The number of fused-ring (bicyclic) bond motifs is 3. The Morgan fingerprint density at radius 3 is 0.869 bits per heavy atom. The Morgan fingerprint density at radius 2 is 0.643 bits per heavy atom. The summed E-state index contributed by atoms with van der Waals surface area (Å²) in [5, 5.41) is 22.9. The lowest BCUT2D eigenvalue weighted by Crippen LogP contribution is -2.42. The summed E-state index contributed by atoms with van der Waals surface area (Å²) in [6, 6.07) is 26.6. The Kier molecular flexibility index (Phi) is 15.3. The maximum Gasteiger partial charge on any atom is 0.160 e. The van der Waals surface area contributed by atoms with Crippen LogP contribution in [0.2, 0.25) is 0 Å². The molecule has 3 aromatic heterocycles. The van der Waals surface area contributed by atoms with Gasteiger partial charge in [0.2, 0.25) is 0 Å². The number of benzene rings is 3. The van der Waals surface area contributed by atoms with E-state index in [4.69, 9.17) is 0 Å². The average molecular weight is 1130 g/mol. The van der Waals surface area contributed by atoms with E-state index in [0.717, 1.165) is 74.5 Å². The van der Waals surface area contributed by atoms with E-state index in [-0.39, 0.29) is 32.5 Å². The number of hydrogen-bond acceptors (Lipinski definition) is 6. The molecular weight excluding hydrogens is 1030 g/mol. The summed E-state index contributed by atoms with van der Waals surface area (Å²) in [5.41, 5.74) is 20.8. The van der Waals surface area contributed by atoms with Crippen molar-refractivity contribution in [2.24, 2.45) is 16.2 Å². The molecular formula is C75H96N6O3. The quantitative estimate of drug-likeness (QED) is 0.152. The molecule has 84 heavy (non-hydrogen) atoms. The Morgan fingerprint density at radius 1 is 0.393 bits per heavy atom. The van der Waals surface area contributed by atoms with Gasteiger partial charge in [0.05, 0.1) is 34.8 Å². The van der Waals surface area contributed by atoms with Crippen molar-refractivity contribution in [3.05, 3.63) is 192 Å². The monoisotopic (exact) mass is 1130 g/mol. The molecule has 6 aromatic rings. The Hall–Kier alpha value is -6.48. The van der Waals surface area contributed by atoms with E-state index in [0.29, 0.717) is 36.6 Å². The van der Waals surface area contributed by atoms with Crippen molar-refractivity contribution in [2.45, 2.75) is 234 Å². The van der Waals surface area contributed by atoms with Crippen LogP contribution in [-0.4, -0.2) is 47.9 Å². The van der Waals surface area contributed by atoms with Gasteiger partial charge in [-0.2, -0.15) is 15.3 Å². The Balaban J connectivity index is 0.000000140. The van der Waals surface area contributed by atoms with Gasteiger partial charge in [-0.1, -0.05) is 214 Å². The molecule has 3 N–H and O–H groups in total. The van der Waals surface area contributed by atoms with Crippen molar-refractivity contribution in [3.8, 4) is 0 Å². The summed E-state index contributed by atoms with van der Waals surface area (Å²) in [6.07, 6.45) is 15.7. The number of hydrogen-bond donors (Lipinski definition) is 3. The van der Waals surface area contributed by atoms with Crippen LogP contribution >= 0.6 is 0 Å². The van der Waals surface area contributed by atoms with Crippen LogP contribution in [0.3, 0.4) is 0 Å². The van der Waals surface area contributed by atoms with Crippen LogP contribution in [0.15, 0.2) is 125 Å². The number of H-pyrrole nitrogens is 3. The van der Waals surface area contributed by atoms with E-state index in [1.807, 2.05) is 18.6 Å². The predicted molar refractivity (Wildman–Crippen MR) is 341 cm³/mol. The molecule has 3 aromatic carbocycles. The number of Topliss-reactive ketones (excluding diaryl/α,β-unsaturated/α-hetero) is 3. The average Bonchev–Trinajstić information content (AvgIpc) is 1.23. The van der Waals surface area contributed by atoms with Gasteiger partial charge in [0, 0.05) is 89.0 Å². The maximum atomic E-state index is 13.5. The van der Waals surface area contributed by atoms with Crippen molar-refractivity contribution in [1.29, 1.82) is 0 Å². The molecule has 6 aliphatic rings. The predicted octanol–water partition coefficient (Wildman–Crippen LogP) is 16.9. The molecule has 0 saturated heterocycles. The van der Waals surface area contributed by atoms with Crippen molar-refractivity contribution in [3.63, 3.8) is 0 Å². The summed E-state index contributed by atoms with van der Waals surface area (Å²) in [7, 11) is 0. The number of allylic oxidation sites excluding steroid dienone is 6. The van der Waals surface area contributed by atoms with Crippen LogP contribution in [0, 0.1) is 16.2 Å². The molecule has 3 heterocycles. The zero-order valence-electron chi connectivity index (χ0n) is 54.2. The van der Waals surface area contributed by atoms with Gasteiger partial charge in [0.15, 0.2) is 17.3 Å². The van der Waals surface area contributed by atoms with E-state index in [9.17, 15) is 14.4 Å². The topological polar surface area (TPSA) is 137 Å². The van der Waals surface area contributed by atoms with Gasteiger partial charge in [0.1, 0.15) is 0 Å². The maximum absolute atomic E-state index is 13.5. The number of aromatic amines is 3. The second kappa shape index (κ2) is 21.2.